The molecule has 4 amide bonds. The second-order valence-electron chi connectivity index (χ2n) is 16.8. The van der Waals surface area contributed by atoms with Crippen molar-refractivity contribution in [2.24, 2.45) is 17.8 Å². The standard InChI is InChI=1S/C39H53N5O9S/c1-23-12-8-10-14-26-21-39(26,35(47)43-54(49,50)38(6)16-17-38)42-32(45)29-20-27(52-33-28-15-11-9-13-25(28)19-30(40-33)51-7)22-44(29)34(46)31(24(2)18-23)41-36(48)53-37(3,4)5/h9-11,13-15,19,23-24,26-27,29,31H,8,12,16-18,20-22H2,1-7H3,(H,41,48)(H,42,45)(H,43,47)/b14-10-/t23-,24-,26-,27-,29+,31+,39-/m1/s1. The number of carbonyl (C=O) groups excluding carboxylic acids is 4. The van der Waals surface area contributed by atoms with Crippen LogP contribution in [0.4, 0.5) is 4.79 Å². The first-order valence-corrected chi connectivity index (χ1v) is 20.3. The SMILES string of the molecule is COc1cc2ccccc2c(O[C@@H]2C[C@H]3C(=O)N[C@]4(C(=O)NS(=O)(=O)C5(C)CC5)C[C@H]4/C=C\CC[C@@H](C)C[C@@H](C)[C@H](NC(=O)OC(C)(C)C)C(=O)N3C2)n1. The second-order valence-corrected chi connectivity index (χ2v) is 19.0. The van der Waals surface area contributed by atoms with Crippen LogP contribution in [0.2, 0.25) is 0 Å². The van der Waals surface area contributed by atoms with Crippen LogP contribution in [-0.4, -0.2) is 89.8 Å². The number of pyridine rings is 1. The third-order valence-electron chi connectivity index (χ3n) is 11.1. The molecule has 6 rings (SSSR count). The maximum atomic E-state index is 14.8. The molecule has 0 unspecified atom stereocenters. The highest BCUT2D eigenvalue weighted by Crippen LogP contribution is 2.47. The molecule has 1 aromatic carbocycles. The van der Waals surface area contributed by atoms with Gasteiger partial charge in [-0.05, 0) is 89.5 Å². The van der Waals surface area contributed by atoms with Gasteiger partial charge < -0.3 is 29.7 Å². The number of methoxy groups -OCH3 is 1. The molecule has 3 heterocycles. The van der Waals surface area contributed by atoms with E-state index < -0.39 is 73.8 Å². The van der Waals surface area contributed by atoms with Gasteiger partial charge in [0.25, 0.3) is 5.91 Å². The summed E-state index contributed by atoms with van der Waals surface area (Å²) in [5, 5.41) is 7.24. The minimum Gasteiger partial charge on any atom is -0.481 e. The number of sulfonamides is 1. The van der Waals surface area contributed by atoms with Crippen molar-refractivity contribution in [3.63, 3.8) is 0 Å². The van der Waals surface area contributed by atoms with E-state index in [1.807, 2.05) is 43.3 Å². The lowest BCUT2D eigenvalue weighted by molar-refractivity contribution is -0.142. The van der Waals surface area contributed by atoms with Gasteiger partial charge in [-0.1, -0.05) is 44.2 Å². The first-order chi connectivity index (χ1) is 25.3. The third-order valence-corrected chi connectivity index (χ3v) is 13.2. The molecule has 0 bridgehead atoms. The van der Waals surface area contributed by atoms with E-state index in [2.05, 4.69) is 27.3 Å². The Hall–Kier alpha value is -4.40. The third kappa shape index (κ3) is 8.30. The minimum absolute atomic E-state index is 0.0311. The first-order valence-electron chi connectivity index (χ1n) is 18.8. The van der Waals surface area contributed by atoms with Crippen LogP contribution in [0.25, 0.3) is 10.8 Å². The zero-order chi connectivity index (χ0) is 39.2. The Morgan fingerprint density at radius 2 is 1.81 bits per heavy atom. The van der Waals surface area contributed by atoms with E-state index in [1.165, 1.54) is 12.0 Å². The molecule has 14 nitrogen and oxygen atoms in total. The van der Waals surface area contributed by atoms with Gasteiger partial charge in [0, 0.05) is 23.8 Å². The molecular formula is C39H53N5O9S. The number of rotatable bonds is 7. The predicted molar refractivity (Wildman–Crippen MR) is 201 cm³/mol. The maximum absolute atomic E-state index is 14.8. The number of carbonyl (C=O) groups is 4. The highest BCUT2D eigenvalue weighted by molar-refractivity contribution is 7.91. The Balaban J connectivity index is 1.36. The van der Waals surface area contributed by atoms with Crippen molar-refractivity contribution >= 4 is 44.6 Å². The molecule has 2 aliphatic carbocycles. The van der Waals surface area contributed by atoms with Gasteiger partial charge in [0.2, 0.25) is 33.6 Å². The Bertz CT molecular complexity index is 1940. The summed E-state index contributed by atoms with van der Waals surface area (Å²) in [5.74, 6) is -1.99. The fraction of sp³-hybridized carbons (Fsp3) is 0.615. The van der Waals surface area contributed by atoms with Crippen molar-refractivity contribution in [2.75, 3.05) is 13.7 Å². The van der Waals surface area contributed by atoms with Crippen molar-refractivity contribution in [1.29, 1.82) is 0 Å². The monoisotopic (exact) mass is 767 g/mol. The molecule has 0 radical (unpaired) electrons. The molecule has 294 valence electrons. The molecule has 3 fully saturated rings. The molecule has 0 spiro atoms. The van der Waals surface area contributed by atoms with Crippen molar-refractivity contribution in [3.8, 4) is 11.8 Å². The minimum atomic E-state index is -4.00. The van der Waals surface area contributed by atoms with Crippen LogP contribution in [0.3, 0.4) is 0 Å². The first kappa shape index (κ1) is 39.3. The van der Waals surface area contributed by atoms with Gasteiger partial charge in [0.1, 0.15) is 29.3 Å². The summed E-state index contributed by atoms with van der Waals surface area (Å²) in [4.78, 5) is 62.3. The number of ether oxygens (including phenoxy) is 3. The summed E-state index contributed by atoms with van der Waals surface area (Å²) < 4.78 is 45.0. The van der Waals surface area contributed by atoms with Crippen molar-refractivity contribution in [3.05, 3.63) is 42.5 Å². The number of hydrogen-bond donors (Lipinski definition) is 3. The number of aromatic nitrogens is 1. The normalized spacial score (nSPS) is 30.4. The molecule has 4 aliphatic rings. The fourth-order valence-electron chi connectivity index (χ4n) is 7.53. The number of fused-ring (bicyclic) bond motifs is 3. The van der Waals surface area contributed by atoms with Gasteiger partial charge in [-0.15, -0.1) is 0 Å². The average molecular weight is 768 g/mol. The van der Waals surface area contributed by atoms with E-state index in [1.54, 1.807) is 33.8 Å². The summed E-state index contributed by atoms with van der Waals surface area (Å²) in [5.41, 5.74) is -2.35. The van der Waals surface area contributed by atoms with Crippen LogP contribution < -0.4 is 24.8 Å². The lowest BCUT2D eigenvalue weighted by Crippen LogP contribution is -2.59. The summed E-state index contributed by atoms with van der Waals surface area (Å²) in [6, 6.07) is 7.07. The van der Waals surface area contributed by atoms with Gasteiger partial charge in [0.05, 0.1) is 18.4 Å². The van der Waals surface area contributed by atoms with Crippen molar-refractivity contribution in [2.45, 2.75) is 121 Å². The summed E-state index contributed by atoms with van der Waals surface area (Å²) in [6.07, 6.45) is 5.48. The summed E-state index contributed by atoms with van der Waals surface area (Å²) >= 11 is 0. The number of nitrogens with one attached hydrogen (secondary N) is 3. The van der Waals surface area contributed by atoms with Gasteiger partial charge in [-0.2, -0.15) is 4.98 Å². The average Bonchev–Trinajstić information content (AvgIpc) is 3.97. The zero-order valence-corrected chi connectivity index (χ0v) is 33.0. The van der Waals surface area contributed by atoms with Gasteiger partial charge in [0.15, 0.2) is 0 Å². The van der Waals surface area contributed by atoms with Gasteiger partial charge in [-0.3, -0.25) is 19.1 Å². The Kier molecular flexibility index (Phi) is 10.7. The van der Waals surface area contributed by atoms with Crippen molar-refractivity contribution in [1.82, 2.24) is 25.2 Å². The predicted octanol–water partition coefficient (Wildman–Crippen LogP) is 4.37. The van der Waals surface area contributed by atoms with Crippen LogP contribution >= 0.6 is 0 Å². The summed E-state index contributed by atoms with van der Waals surface area (Å²) in [6.45, 7) is 10.7. The molecule has 1 saturated heterocycles. The molecule has 7 atom stereocenters. The molecule has 2 aliphatic heterocycles. The molecular weight excluding hydrogens is 715 g/mol. The highest BCUT2D eigenvalue weighted by atomic mass is 32.2. The lowest BCUT2D eigenvalue weighted by Gasteiger charge is -2.33. The van der Waals surface area contributed by atoms with Crippen LogP contribution in [0.1, 0.15) is 86.5 Å². The van der Waals surface area contributed by atoms with Crippen LogP contribution in [0.5, 0.6) is 11.8 Å². The van der Waals surface area contributed by atoms with E-state index in [0.717, 1.165) is 11.8 Å². The van der Waals surface area contributed by atoms with E-state index in [4.69, 9.17) is 14.2 Å². The number of benzene rings is 1. The molecule has 2 saturated carbocycles. The lowest BCUT2D eigenvalue weighted by atomic mass is 9.88. The molecule has 1 aromatic heterocycles. The van der Waals surface area contributed by atoms with Crippen LogP contribution in [-0.2, 0) is 29.1 Å². The van der Waals surface area contributed by atoms with Crippen LogP contribution in [0.15, 0.2) is 42.5 Å². The number of hydrogen-bond acceptors (Lipinski definition) is 10. The summed E-state index contributed by atoms with van der Waals surface area (Å²) in [7, 11) is -2.50. The van der Waals surface area contributed by atoms with E-state index >= 15 is 0 Å². The van der Waals surface area contributed by atoms with E-state index in [-0.39, 0.29) is 37.1 Å². The van der Waals surface area contributed by atoms with E-state index in [0.29, 0.717) is 36.9 Å². The van der Waals surface area contributed by atoms with E-state index in [9.17, 15) is 27.6 Å². The maximum Gasteiger partial charge on any atom is 0.408 e. The number of allylic oxidation sites excluding steroid dienone is 1. The Labute approximate surface area is 317 Å². The topological polar surface area (TPSA) is 182 Å². The Morgan fingerprint density at radius 3 is 2.50 bits per heavy atom. The second kappa shape index (κ2) is 14.7. The van der Waals surface area contributed by atoms with Crippen LogP contribution in [0, 0.1) is 17.8 Å². The zero-order valence-electron chi connectivity index (χ0n) is 32.1. The molecule has 3 N–H and O–H groups in total. The van der Waals surface area contributed by atoms with Gasteiger partial charge >= 0.3 is 6.09 Å². The number of alkyl carbamates (subject to hydrolysis) is 1. The molecule has 2 aromatic rings. The smallest absolute Gasteiger partial charge is 0.408 e. The molecule has 54 heavy (non-hydrogen) atoms. The molecule has 15 heteroatoms. The Morgan fingerprint density at radius 1 is 1.09 bits per heavy atom. The number of amides is 4. The largest absolute Gasteiger partial charge is 0.481 e. The number of nitrogens with zero attached hydrogens (tertiary/aromatic N) is 2. The van der Waals surface area contributed by atoms with Crippen molar-refractivity contribution < 1.29 is 41.8 Å². The van der Waals surface area contributed by atoms with Gasteiger partial charge in [-0.25, -0.2) is 13.2 Å². The fourth-order valence-corrected chi connectivity index (χ4v) is 8.84. The highest BCUT2D eigenvalue weighted by Gasteiger charge is 2.63. The quantitative estimate of drug-likeness (QED) is 0.342.